The lowest BCUT2D eigenvalue weighted by atomic mass is 9.98. The van der Waals surface area contributed by atoms with Crippen molar-refractivity contribution in [3.63, 3.8) is 0 Å². The molecule has 0 bridgehead atoms. The molecule has 8 aromatic rings. The van der Waals surface area contributed by atoms with Crippen molar-refractivity contribution in [2.75, 3.05) is 118 Å². The number of carboxylic acids is 1. The molecule has 596 valence electrons. The van der Waals surface area contributed by atoms with Gasteiger partial charge in [-0.15, -0.1) is 0 Å². The molecule has 20 heteroatoms. The highest BCUT2D eigenvalue weighted by molar-refractivity contribution is 5.98. The van der Waals surface area contributed by atoms with Crippen molar-refractivity contribution in [1.29, 1.82) is 0 Å². The number of amides is 2. The minimum Gasteiger partial charge on any atom is -0.508 e. The maximum absolute atomic E-state index is 13.7. The van der Waals surface area contributed by atoms with Crippen LogP contribution in [-0.2, 0) is 66.7 Å². The van der Waals surface area contributed by atoms with Gasteiger partial charge in [-0.05, 0) is 157 Å². The summed E-state index contributed by atoms with van der Waals surface area (Å²) in [5, 5.41) is 33.0. The predicted molar refractivity (Wildman–Crippen MR) is 440 cm³/mol. The molecule has 0 spiro atoms. The van der Waals surface area contributed by atoms with Crippen molar-refractivity contribution in [2.24, 2.45) is 0 Å². The van der Waals surface area contributed by atoms with Crippen LogP contribution in [0.25, 0.3) is 11.1 Å². The lowest BCUT2D eigenvalue weighted by Gasteiger charge is -2.26. The summed E-state index contributed by atoms with van der Waals surface area (Å²) < 4.78 is 46.4. The maximum atomic E-state index is 13.7. The number of aromatic hydroxyl groups is 2. The number of hydrogen-bond donors (Lipinski definition) is 4. The van der Waals surface area contributed by atoms with Gasteiger partial charge in [0.15, 0.2) is 0 Å². The highest BCUT2D eigenvalue weighted by Gasteiger charge is 2.32. The molecule has 3 fully saturated rings. The molecule has 4 N–H and O–H groups in total. The summed E-state index contributed by atoms with van der Waals surface area (Å²) in [5.74, 6) is 2.83. The van der Waals surface area contributed by atoms with E-state index < -0.39 is 5.97 Å². The van der Waals surface area contributed by atoms with Crippen LogP contribution in [0.2, 0.25) is 0 Å². The van der Waals surface area contributed by atoms with E-state index in [9.17, 15) is 29.7 Å². The topological polar surface area (TPSA) is 214 Å². The Bertz CT molecular complexity index is 4460. The van der Waals surface area contributed by atoms with E-state index in [1.807, 2.05) is 143 Å². The number of aryl methyl sites for hydroxylation is 2. The number of hydrogen-bond acceptors (Lipinski definition) is 17. The zero-order valence-corrected chi connectivity index (χ0v) is 65.5. The minimum atomic E-state index is -0.940. The van der Waals surface area contributed by atoms with Crippen LogP contribution < -0.4 is 29.0 Å². The van der Waals surface area contributed by atoms with Crippen LogP contribution in [0.4, 0.5) is 0 Å². The Hall–Kier alpha value is -10.0. The van der Waals surface area contributed by atoms with Gasteiger partial charge in [0.2, 0.25) is 0 Å². The summed E-state index contributed by atoms with van der Waals surface area (Å²) in [7, 11) is 0. The second-order valence-corrected chi connectivity index (χ2v) is 29.4. The molecule has 6 heterocycles. The third-order valence-corrected chi connectivity index (χ3v) is 20.7. The molecular weight excluding hydrogens is 1410 g/mol. The highest BCUT2D eigenvalue weighted by atomic mass is 16.5. The molecule has 2 amide bonds. The number of carboxylic acid groups (broad SMARTS) is 1. The third-order valence-electron chi connectivity index (χ3n) is 20.7. The normalized spacial score (nSPS) is 15.2. The van der Waals surface area contributed by atoms with Gasteiger partial charge < -0.3 is 68.3 Å². The number of morpholine rings is 3. The Balaban J connectivity index is 0.000000164. The molecule has 6 aliphatic rings. The van der Waals surface area contributed by atoms with Gasteiger partial charge in [0.05, 0.1) is 83.7 Å². The van der Waals surface area contributed by atoms with E-state index in [0.29, 0.717) is 75.0 Å². The van der Waals surface area contributed by atoms with E-state index in [1.54, 1.807) is 30.0 Å². The predicted octanol–water partition coefficient (Wildman–Crippen LogP) is 15.7. The number of phenolic OH excluding ortho intramolecular Hbond substituents is 2. The van der Waals surface area contributed by atoms with Crippen molar-refractivity contribution < 1.29 is 67.6 Å². The molecule has 0 radical (unpaired) electrons. The monoisotopic (exact) mass is 1530 g/mol. The zero-order valence-electron chi connectivity index (χ0n) is 65.5. The molecule has 0 atom stereocenters. The number of nitrogens with one attached hydrogen (secondary N) is 1. The Morgan fingerprint density at radius 1 is 0.446 bits per heavy atom. The molecule has 14 rings (SSSR count). The average Bonchev–Trinajstić information content (AvgIpc) is 1.62. The van der Waals surface area contributed by atoms with Gasteiger partial charge in [-0.2, -0.15) is 0 Å². The number of allylic oxidation sites excluding steroid dienone is 2. The molecule has 20 nitrogen and oxygen atoms in total. The van der Waals surface area contributed by atoms with E-state index in [0.717, 1.165) is 222 Å². The van der Waals surface area contributed by atoms with Crippen molar-refractivity contribution in [1.82, 2.24) is 29.8 Å². The highest BCUT2D eigenvalue weighted by Crippen LogP contribution is 2.39. The molecular formula is C92H114N6O14. The van der Waals surface area contributed by atoms with Gasteiger partial charge in [-0.3, -0.25) is 24.3 Å². The molecule has 3 saturated heterocycles. The van der Waals surface area contributed by atoms with Gasteiger partial charge in [0, 0.05) is 125 Å². The van der Waals surface area contributed by atoms with Crippen molar-refractivity contribution in [2.45, 2.75) is 127 Å². The van der Waals surface area contributed by atoms with Gasteiger partial charge in [0.25, 0.3) is 11.8 Å². The number of nitrogens with zero attached hydrogens (tertiary/aromatic N) is 5. The lowest BCUT2D eigenvalue weighted by Crippen LogP contribution is -2.37. The van der Waals surface area contributed by atoms with Gasteiger partial charge in [0.1, 0.15) is 53.5 Å². The fourth-order valence-corrected chi connectivity index (χ4v) is 14.4. The van der Waals surface area contributed by atoms with Crippen LogP contribution in [0.1, 0.15) is 164 Å². The second-order valence-electron chi connectivity index (χ2n) is 29.4. The Kier molecular flexibility index (Phi) is 31.7. The van der Waals surface area contributed by atoms with Crippen LogP contribution in [-0.4, -0.2) is 176 Å². The smallest absolute Gasteiger partial charge is 0.335 e. The van der Waals surface area contributed by atoms with E-state index in [-0.39, 0.29) is 47.8 Å². The van der Waals surface area contributed by atoms with E-state index in [4.69, 9.17) is 37.9 Å². The maximum Gasteiger partial charge on any atom is 0.335 e. The first kappa shape index (κ1) is 84.4. The molecule has 0 saturated carbocycles. The number of carbonyl (C=O) groups excluding carboxylic acids is 2. The SMILES string of the molecule is C.C=C(C)c1cc(C(=O)N2Cc3cccc(OCCCN4CCOCC4)c3C2)c(C)cc1OCc1ccccc1.C=C(C)c1cc(C(=O)O)c(C)cc1OCc1ccccc1.CC(C)c1cc(C(=O)N2Cc3cccc(OCCCN4CCOCC4)c3C2)c(O)cc1O.c1cc2c(c(OCCCN3CCOCC3)c1)CNC2. The Labute approximate surface area is 662 Å². The standard InChI is InChI=1S/C33H38N2O4.C25H32N2O5.C18H18O3.C15H22N2O2.CH4/c1-24(2)28-20-29(25(3)19-32(28)39-23-26-9-5-4-6-10-26)33(36)35-21-27-11-7-12-31(30(27)22-35)38-16-8-13-34-14-17-37-18-15-34;1-17(2)19-13-20(23(29)14-22(19)28)25(30)27-15-18-5-3-6-24(21(18)16-27)32-10-4-7-26-8-11-31-12-9-26;1-12(2)15-10-16(18(19)20)13(3)9-17(15)21-11-14-7-5-4-6-8-14;1-3-13-11-16-12-14(13)15(4-1)19-8-2-5-17-6-9-18-10-7-17;/h4-7,9-12,19-20H,1,8,13-18,21-23H2,2-3H3;3,5-6,13-14,17,28-29H,4,7-12,15-16H2,1-2H3;4-10H,1,11H2,2-3H3,(H,19,20);1,3-4,16H,2,5-12H2;1H4. The Morgan fingerprint density at radius 3 is 1.27 bits per heavy atom. The quantitative estimate of drug-likeness (QED) is 0.0352. The van der Waals surface area contributed by atoms with Gasteiger partial charge in [-0.25, -0.2) is 4.79 Å². The number of ether oxygens (including phenoxy) is 8. The van der Waals surface area contributed by atoms with Crippen LogP contribution in [0, 0.1) is 13.8 Å². The first-order valence-corrected chi connectivity index (χ1v) is 39.0. The Morgan fingerprint density at radius 2 is 0.848 bits per heavy atom. The van der Waals surface area contributed by atoms with Crippen molar-refractivity contribution in [3.8, 4) is 40.2 Å². The number of benzene rings is 8. The third kappa shape index (κ3) is 23.3. The largest absolute Gasteiger partial charge is 0.508 e. The van der Waals surface area contributed by atoms with Crippen LogP contribution >= 0.6 is 0 Å². The minimum absolute atomic E-state index is 0. The second kappa shape index (κ2) is 42.0. The molecule has 112 heavy (non-hydrogen) atoms. The zero-order chi connectivity index (χ0) is 78.2. The number of rotatable bonds is 27. The van der Waals surface area contributed by atoms with E-state index >= 15 is 0 Å². The first-order valence-electron chi connectivity index (χ1n) is 39.0. The van der Waals surface area contributed by atoms with E-state index in [2.05, 4.69) is 57.4 Å². The number of phenols is 2. The van der Waals surface area contributed by atoms with Gasteiger partial charge in [-0.1, -0.05) is 131 Å². The summed E-state index contributed by atoms with van der Waals surface area (Å²) in [6, 6.07) is 48.5. The fraction of sp³-hybridized carbons (Fsp3) is 0.402. The fourth-order valence-electron chi connectivity index (χ4n) is 14.4. The molecule has 8 aromatic carbocycles. The number of carbonyl (C=O) groups is 3. The number of fused-ring (bicyclic) bond motifs is 3. The lowest BCUT2D eigenvalue weighted by molar-refractivity contribution is 0.0357. The summed E-state index contributed by atoms with van der Waals surface area (Å²) in [4.78, 5) is 49.0. The van der Waals surface area contributed by atoms with Crippen LogP contribution in [0.15, 0.2) is 165 Å². The van der Waals surface area contributed by atoms with Gasteiger partial charge >= 0.3 is 5.97 Å². The van der Waals surface area contributed by atoms with Crippen molar-refractivity contribution in [3.05, 3.63) is 254 Å². The molecule has 6 aliphatic heterocycles. The van der Waals surface area contributed by atoms with E-state index in [1.165, 1.54) is 17.2 Å². The molecule has 0 aliphatic carbocycles. The average molecular weight is 1530 g/mol. The van der Waals surface area contributed by atoms with Crippen LogP contribution in [0.5, 0.6) is 40.2 Å². The molecule has 0 aromatic heterocycles. The van der Waals surface area contributed by atoms with Crippen LogP contribution in [0.3, 0.4) is 0 Å². The number of aromatic carboxylic acids is 1. The summed E-state index contributed by atoms with van der Waals surface area (Å²) in [6.45, 7) is 40.5. The summed E-state index contributed by atoms with van der Waals surface area (Å²) in [5.41, 5.74) is 15.8. The first-order chi connectivity index (χ1) is 53.8. The summed E-state index contributed by atoms with van der Waals surface area (Å²) in [6.07, 6.45) is 2.98. The molecule has 0 unspecified atom stereocenters. The summed E-state index contributed by atoms with van der Waals surface area (Å²) >= 11 is 0. The van der Waals surface area contributed by atoms with Crippen molar-refractivity contribution >= 4 is 28.9 Å².